The number of aromatic nitrogens is 2. The maximum absolute atomic E-state index is 12.4. The number of hydrogen-bond acceptors (Lipinski definition) is 4. The van der Waals surface area contributed by atoms with Gasteiger partial charge in [-0.3, -0.25) is 9.59 Å². The molecule has 25 heavy (non-hydrogen) atoms. The number of hydrogen-bond donors (Lipinski definition) is 2. The molecule has 0 saturated carbocycles. The molecule has 1 aromatic carbocycles. The minimum atomic E-state index is -0.474. The van der Waals surface area contributed by atoms with E-state index >= 15 is 0 Å². The van der Waals surface area contributed by atoms with Crippen molar-refractivity contribution < 1.29 is 14.7 Å². The van der Waals surface area contributed by atoms with E-state index in [-0.39, 0.29) is 23.7 Å². The number of nitrogens with zero attached hydrogens (tertiary/aromatic N) is 1. The van der Waals surface area contributed by atoms with Crippen molar-refractivity contribution in [1.82, 2.24) is 9.97 Å². The molecular formula is C20H20N2O3. The van der Waals surface area contributed by atoms with Gasteiger partial charge in [0.2, 0.25) is 0 Å². The first kappa shape index (κ1) is 16.9. The van der Waals surface area contributed by atoms with Crippen LogP contribution in [0.4, 0.5) is 0 Å². The molecular weight excluding hydrogens is 316 g/mol. The number of aromatic hydroxyl groups is 1. The van der Waals surface area contributed by atoms with Gasteiger partial charge in [0.05, 0.1) is 5.69 Å². The Morgan fingerprint density at radius 3 is 2.44 bits per heavy atom. The van der Waals surface area contributed by atoms with Gasteiger partial charge in [-0.25, -0.2) is 4.98 Å². The molecule has 0 aliphatic carbocycles. The first-order valence-electron chi connectivity index (χ1n) is 8.09. The Morgan fingerprint density at radius 1 is 1.12 bits per heavy atom. The van der Waals surface area contributed by atoms with Crippen LogP contribution in [-0.2, 0) is 6.42 Å². The molecule has 5 heteroatoms. The normalized spacial score (nSPS) is 11.6. The second kappa shape index (κ2) is 6.16. The summed E-state index contributed by atoms with van der Waals surface area (Å²) in [7, 11) is 0. The molecule has 128 valence electrons. The van der Waals surface area contributed by atoms with Gasteiger partial charge in [0.15, 0.2) is 11.6 Å². The van der Waals surface area contributed by atoms with Gasteiger partial charge >= 0.3 is 0 Å². The molecule has 0 aliphatic heterocycles. The maximum atomic E-state index is 12.4. The lowest BCUT2D eigenvalue weighted by Crippen LogP contribution is -2.20. The third-order valence-electron chi connectivity index (χ3n) is 4.01. The zero-order valence-electron chi connectivity index (χ0n) is 14.5. The number of Topliss-reactive ketones (excluding diaryl/α,β-unsaturated/α-hetero) is 2. The first-order valence-corrected chi connectivity index (χ1v) is 8.09. The number of fused-ring (bicyclic) bond motifs is 1. The Labute approximate surface area is 145 Å². The molecule has 2 N–H and O–H groups in total. The molecule has 5 nitrogen and oxygen atoms in total. The highest BCUT2D eigenvalue weighted by atomic mass is 16.3. The number of benzene rings is 1. The second-order valence-corrected chi connectivity index (χ2v) is 7.19. The highest BCUT2D eigenvalue weighted by Gasteiger charge is 2.24. The lowest BCUT2D eigenvalue weighted by Gasteiger charge is -2.14. The van der Waals surface area contributed by atoms with Crippen molar-refractivity contribution >= 4 is 22.6 Å². The van der Waals surface area contributed by atoms with E-state index in [0.717, 1.165) is 10.9 Å². The number of phenols is 1. The van der Waals surface area contributed by atoms with Crippen LogP contribution in [0.1, 0.15) is 47.2 Å². The fraction of sp³-hybridized carbons (Fsp3) is 0.250. The van der Waals surface area contributed by atoms with Crippen LogP contribution in [0.25, 0.3) is 11.0 Å². The van der Waals surface area contributed by atoms with Gasteiger partial charge in [-0.2, -0.15) is 0 Å². The highest BCUT2D eigenvalue weighted by Crippen LogP contribution is 2.23. The molecule has 0 atom stereocenters. The standard InChI is InChI=1S/C20H20N2O3/c1-20(2,3)18(25)16-10-14-8-12(11-21-19(14)22-16)9-17(24)13-4-6-15(23)7-5-13/h4-8,10-11,23H,9H2,1-3H3,(H,21,22). The minimum absolute atomic E-state index is 0.0206. The molecule has 2 heterocycles. The highest BCUT2D eigenvalue weighted by molar-refractivity contribution is 6.02. The van der Waals surface area contributed by atoms with E-state index in [4.69, 9.17) is 0 Å². The van der Waals surface area contributed by atoms with E-state index in [0.29, 0.717) is 16.9 Å². The van der Waals surface area contributed by atoms with Crippen LogP contribution in [0, 0.1) is 5.41 Å². The number of carbonyl (C=O) groups is 2. The quantitative estimate of drug-likeness (QED) is 0.707. The molecule has 0 saturated heterocycles. The summed E-state index contributed by atoms with van der Waals surface area (Å²) in [4.78, 5) is 32.1. The average molecular weight is 336 g/mol. The van der Waals surface area contributed by atoms with E-state index in [9.17, 15) is 14.7 Å². The molecule has 0 amide bonds. The Bertz CT molecular complexity index is 947. The number of nitrogens with one attached hydrogen (secondary N) is 1. The second-order valence-electron chi connectivity index (χ2n) is 7.19. The third-order valence-corrected chi connectivity index (χ3v) is 4.01. The van der Waals surface area contributed by atoms with Crippen molar-refractivity contribution in [2.75, 3.05) is 0 Å². The number of phenolic OH excluding ortho intramolecular Hbond substituents is 1. The van der Waals surface area contributed by atoms with Gasteiger partial charge in [0.25, 0.3) is 0 Å². The predicted molar refractivity (Wildman–Crippen MR) is 96.0 cm³/mol. The molecule has 0 bridgehead atoms. The molecule has 0 unspecified atom stereocenters. The van der Waals surface area contributed by atoms with Gasteiger partial charge in [-0.15, -0.1) is 0 Å². The van der Waals surface area contributed by atoms with Gasteiger partial charge in [-0.1, -0.05) is 20.8 Å². The average Bonchev–Trinajstić information content (AvgIpc) is 2.96. The molecule has 3 rings (SSSR count). The number of carbonyl (C=O) groups excluding carboxylic acids is 2. The number of aromatic amines is 1. The molecule has 0 spiro atoms. The van der Waals surface area contributed by atoms with Crippen molar-refractivity contribution in [3.63, 3.8) is 0 Å². The third kappa shape index (κ3) is 3.60. The minimum Gasteiger partial charge on any atom is -0.508 e. The number of H-pyrrole nitrogens is 1. The lowest BCUT2D eigenvalue weighted by atomic mass is 9.89. The smallest absolute Gasteiger partial charge is 0.184 e. The summed E-state index contributed by atoms with van der Waals surface area (Å²) in [6.07, 6.45) is 1.85. The fourth-order valence-corrected chi connectivity index (χ4v) is 2.62. The van der Waals surface area contributed by atoms with Crippen molar-refractivity contribution in [2.24, 2.45) is 5.41 Å². The summed E-state index contributed by atoms with van der Waals surface area (Å²) in [5, 5.41) is 10.1. The summed E-state index contributed by atoms with van der Waals surface area (Å²) in [6.45, 7) is 5.61. The molecule has 0 fully saturated rings. The van der Waals surface area contributed by atoms with Crippen molar-refractivity contribution in [3.05, 3.63) is 59.4 Å². The first-order chi connectivity index (χ1) is 11.7. The van der Waals surface area contributed by atoms with E-state index in [1.54, 1.807) is 24.4 Å². The van der Waals surface area contributed by atoms with Crippen LogP contribution in [-0.4, -0.2) is 26.6 Å². The van der Waals surface area contributed by atoms with Crippen LogP contribution >= 0.6 is 0 Å². The predicted octanol–water partition coefficient (Wildman–Crippen LogP) is 3.92. The molecule has 0 aliphatic rings. The van der Waals surface area contributed by atoms with Crippen LogP contribution in [0.5, 0.6) is 5.75 Å². The summed E-state index contributed by atoms with van der Waals surface area (Å²) >= 11 is 0. The summed E-state index contributed by atoms with van der Waals surface area (Å²) in [6, 6.07) is 9.83. The maximum Gasteiger partial charge on any atom is 0.184 e. The fourth-order valence-electron chi connectivity index (χ4n) is 2.62. The van der Waals surface area contributed by atoms with Crippen LogP contribution in [0.15, 0.2) is 42.6 Å². The Hall–Kier alpha value is -2.95. The topological polar surface area (TPSA) is 83.1 Å². The summed E-state index contributed by atoms with van der Waals surface area (Å²) in [5.74, 6) is 0.0953. The van der Waals surface area contributed by atoms with E-state index < -0.39 is 5.41 Å². The Kier molecular flexibility index (Phi) is 4.17. The molecule has 0 radical (unpaired) electrons. The van der Waals surface area contributed by atoms with Gasteiger partial charge < -0.3 is 10.1 Å². The summed E-state index contributed by atoms with van der Waals surface area (Å²) in [5.41, 5.74) is 2.00. The van der Waals surface area contributed by atoms with Crippen LogP contribution < -0.4 is 0 Å². The van der Waals surface area contributed by atoms with Crippen molar-refractivity contribution in [3.8, 4) is 5.75 Å². The van der Waals surface area contributed by atoms with Gasteiger partial charge in [-0.05, 0) is 42.0 Å². The van der Waals surface area contributed by atoms with Gasteiger partial charge in [0.1, 0.15) is 11.4 Å². The molecule has 2 aromatic heterocycles. The number of pyridine rings is 1. The lowest BCUT2D eigenvalue weighted by molar-refractivity contribution is 0.0853. The van der Waals surface area contributed by atoms with E-state index in [2.05, 4.69) is 9.97 Å². The number of ketones is 2. The zero-order chi connectivity index (χ0) is 18.2. The van der Waals surface area contributed by atoms with Crippen LogP contribution in [0.2, 0.25) is 0 Å². The molecule has 3 aromatic rings. The monoisotopic (exact) mass is 336 g/mol. The zero-order valence-corrected chi connectivity index (χ0v) is 14.5. The van der Waals surface area contributed by atoms with Crippen LogP contribution in [0.3, 0.4) is 0 Å². The van der Waals surface area contributed by atoms with E-state index in [1.807, 2.05) is 26.8 Å². The Balaban J connectivity index is 1.85. The van der Waals surface area contributed by atoms with Crippen molar-refractivity contribution in [1.29, 1.82) is 0 Å². The van der Waals surface area contributed by atoms with E-state index in [1.165, 1.54) is 12.1 Å². The number of rotatable bonds is 4. The van der Waals surface area contributed by atoms with Crippen molar-refractivity contribution in [2.45, 2.75) is 27.2 Å². The summed E-state index contributed by atoms with van der Waals surface area (Å²) < 4.78 is 0. The SMILES string of the molecule is CC(C)(C)C(=O)c1cc2cc(CC(=O)c3ccc(O)cc3)cnc2[nH]1. The van der Waals surface area contributed by atoms with Gasteiger partial charge in [0, 0.05) is 29.0 Å². The largest absolute Gasteiger partial charge is 0.508 e. The Morgan fingerprint density at radius 2 is 1.80 bits per heavy atom.